The van der Waals surface area contributed by atoms with Crippen molar-refractivity contribution in [1.82, 2.24) is 4.90 Å². The van der Waals surface area contributed by atoms with E-state index in [9.17, 15) is 5.11 Å². The fourth-order valence-electron chi connectivity index (χ4n) is 3.01. The molecule has 0 spiro atoms. The van der Waals surface area contributed by atoms with Crippen LogP contribution >= 0.6 is 0 Å². The molecule has 1 fully saturated rings. The van der Waals surface area contributed by atoms with Crippen LogP contribution in [0.1, 0.15) is 42.9 Å². The average Bonchev–Trinajstić information content (AvgIpc) is 2.79. The molecule has 1 saturated carbocycles. The molecule has 94 valence electrons. The summed E-state index contributed by atoms with van der Waals surface area (Å²) >= 11 is 0. The van der Waals surface area contributed by atoms with Gasteiger partial charge in [0.25, 0.3) is 0 Å². The highest BCUT2D eigenvalue weighted by molar-refractivity contribution is 5.26. The minimum absolute atomic E-state index is 0.0603. The van der Waals surface area contributed by atoms with Gasteiger partial charge in [0.1, 0.15) is 0 Å². The third-order valence-corrected chi connectivity index (χ3v) is 4.26. The van der Waals surface area contributed by atoms with Crippen molar-refractivity contribution in [2.75, 3.05) is 14.1 Å². The number of aliphatic hydroxyl groups excluding tert-OH is 1. The van der Waals surface area contributed by atoms with Crippen molar-refractivity contribution in [1.29, 1.82) is 0 Å². The number of aliphatic hydroxyl groups is 1. The van der Waals surface area contributed by atoms with Gasteiger partial charge in [-0.1, -0.05) is 42.7 Å². The van der Waals surface area contributed by atoms with Crippen molar-refractivity contribution in [3.8, 4) is 0 Å². The predicted octanol–water partition coefficient (Wildman–Crippen LogP) is 2.90. The SMILES string of the molecule is Cc1ccc(C(O)C2(N(C)C)CCCC2)cc1. The smallest absolute Gasteiger partial charge is 0.0973 e. The van der Waals surface area contributed by atoms with Crippen LogP contribution in [0, 0.1) is 6.92 Å². The molecule has 0 heterocycles. The van der Waals surface area contributed by atoms with Crippen molar-refractivity contribution in [2.45, 2.75) is 44.2 Å². The first kappa shape index (κ1) is 12.6. The summed E-state index contributed by atoms with van der Waals surface area (Å²) in [5.74, 6) is 0. The van der Waals surface area contributed by atoms with E-state index >= 15 is 0 Å². The van der Waals surface area contributed by atoms with E-state index in [1.807, 2.05) is 0 Å². The minimum Gasteiger partial charge on any atom is -0.386 e. The van der Waals surface area contributed by atoms with Crippen LogP contribution in [0.25, 0.3) is 0 Å². The predicted molar refractivity (Wildman–Crippen MR) is 71.0 cm³/mol. The molecule has 1 aliphatic carbocycles. The first-order valence-corrected chi connectivity index (χ1v) is 6.48. The van der Waals surface area contributed by atoms with Crippen molar-refractivity contribution in [3.05, 3.63) is 35.4 Å². The molecule has 1 atom stereocenters. The number of aryl methyl sites for hydroxylation is 1. The Morgan fingerprint density at radius 2 is 1.65 bits per heavy atom. The summed E-state index contributed by atoms with van der Waals surface area (Å²) < 4.78 is 0. The summed E-state index contributed by atoms with van der Waals surface area (Å²) in [5.41, 5.74) is 2.23. The zero-order valence-electron chi connectivity index (χ0n) is 11.1. The highest BCUT2D eigenvalue weighted by Gasteiger charge is 2.43. The van der Waals surface area contributed by atoms with Crippen molar-refractivity contribution in [3.63, 3.8) is 0 Å². The molecular formula is C15H23NO. The Morgan fingerprint density at radius 1 is 1.12 bits per heavy atom. The molecule has 2 nitrogen and oxygen atoms in total. The maximum atomic E-state index is 10.7. The minimum atomic E-state index is -0.374. The van der Waals surface area contributed by atoms with E-state index in [4.69, 9.17) is 0 Å². The molecule has 0 aliphatic heterocycles. The van der Waals surface area contributed by atoms with E-state index in [1.165, 1.54) is 18.4 Å². The van der Waals surface area contributed by atoms with Gasteiger partial charge in [-0.15, -0.1) is 0 Å². The Labute approximate surface area is 104 Å². The molecule has 1 N–H and O–H groups in total. The third-order valence-electron chi connectivity index (χ3n) is 4.26. The summed E-state index contributed by atoms with van der Waals surface area (Å²) in [5, 5.41) is 10.7. The van der Waals surface area contributed by atoms with Gasteiger partial charge in [0.2, 0.25) is 0 Å². The fraction of sp³-hybridized carbons (Fsp3) is 0.600. The Kier molecular flexibility index (Phi) is 3.55. The van der Waals surface area contributed by atoms with Crippen LogP contribution in [-0.2, 0) is 0 Å². The monoisotopic (exact) mass is 233 g/mol. The van der Waals surface area contributed by atoms with E-state index in [0.717, 1.165) is 18.4 Å². The molecule has 2 rings (SSSR count). The van der Waals surface area contributed by atoms with Crippen molar-refractivity contribution in [2.24, 2.45) is 0 Å². The van der Waals surface area contributed by atoms with E-state index in [1.54, 1.807) is 0 Å². The molecule has 2 heteroatoms. The average molecular weight is 233 g/mol. The quantitative estimate of drug-likeness (QED) is 0.867. The zero-order chi connectivity index (χ0) is 12.5. The van der Waals surface area contributed by atoms with Crippen LogP contribution in [0.4, 0.5) is 0 Å². The van der Waals surface area contributed by atoms with Gasteiger partial charge in [0.15, 0.2) is 0 Å². The summed E-state index contributed by atoms with van der Waals surface area (Å²) in [6, 6.07) is 8.28. The first-order valence-electron chi connectivity index (χ1n) is 6.48. The van der Waals surface area contributed by atoms with Crippen molar-refractivity contribution >= 4 is 0 Å². The lowest BCUT2D eigenvalue weighted by Crippen LogP contribution is -2.46. The Balaban J connectivity index is 2.28. The van der Waals surface area contributed by atoms with E-state index in [-0.39, 0.29) is 11.6 Å². The van der Waals surface area contributed by atoms with Crippen molar-refractivity contribution < 1.29 is 5.11 Å². The zero-order valence-corrected chi connectivity index (χ0v) is 11.1. The second-order valence-electron chi connectivity index (χ2n) is 5.52. The lowest BCUT2D eigenvalue weighted by molar-refractivity contribution is -0.00475. The van der Waals surface area contributed by atoms with E-state index in [2.05, 4.69) is 50.2 Å². The standard InChI is InChI=1S/C15H23NO/c1-12-6-8-13(9-7-12)14(17)15(16(2)3)10-4-5-11-15/h6-9,14,17H,4-5,10-11H2,1-3H3. The Bertz CT molecular complexity index is 363. The normalized spacial score (nSPS) is 20.8. The summed E-state index contributed by atoms with van der Waals surface area (Å²) in [7, 11) is 4.17. The lowest BCUT2D eigenvalue weighted by Gasteiger charge is -2.40. The maximum Gasteiger partial charge on any atom is 0.0973 e. The second kappa shape index (κ2) is 4.79. The van der Waals surface area contributed by atoms with Crippen LogP contribution in [-0.4, -0.2) is 29.6 Å². The first-order chi connectivity index (χ1) is 8.06. The van der Waals surface area contributed by atoms with Gasteiger partial charge in [-0.2, -0.15) is 0 Å². The topological polar surface area (TPSA) is 23.5 Å². The van der Waals surface area contributed by atoms with Crippen LogP contribution < -0.4 is 0 Å². The number of likely N-dealkylation sites (N-methyl/N-ethyl adjacent to an activating group) is 1. The van der Waals surface area contributed by atoms with Crippen LogP contribution in [0.5, 0.6) is 0 Å². The van der Waals surface area contributed by atoms with Crippen LogP contribution in [0.2, 0.25) is 0 Å². The molecule has 17 heavy (non-hydrogen) atoms. The molecule has 0 bridgehead atoms. The second-order valence-corrected chi connectivity index (χ2v) is 5.52. The third kappa shape index (κ3) is 2.24. The number of hydrogen-bond donors (Lipinski definition) is 1. The lowest BCUT2D eigenvalue weighted by atomic mass is 9.84. The molecule has 0 radical (unpaired) electrons. The van der Waals surface area contributed by atoms with Gasteiger partial charge >= 0.3 is 0 Å². The molecule has 1 aliphatic rings. The maximum absolute atomic E-state index is 10.7. The number of rotatable bonds is 3. The van der Waals surface area contributed by atoms with Gasteiger partial charge < -0.3 is 10.0 Å². The number of nitrogens with zero attached hydrogens (tertiary/aromatic N) is 1. The number of hydrogen-bond acceptors (Lipinski definition) is 2. The Hall–Kier alpha value is -0.860. The molecule has 0 saturated heterocycles. The van der Waals surface area contributed by atoms with Gasteiger partial charge in [0, 0.05) is 0 Å². The van der Waals surface area contributed by atoms with Gasteiger partial charge in [-0.25, -0.2) is 0 Å². The summed E-state index contributed by atoms with van der Waals surface area (Å²) in [6.07, 6.45) is 4.26. The number of benzene rings is 1. The largest absolute Gasteiger partial charge is 0.386 e. The van der Waals surface area contributed by atoms with E-state index < -0.39 is 0 Å². The van der Waals surface area contributed by atoms with Crippen LogP contribution in [0.15, 0.2) is 24.3 Å². The van der Waals surface area contributed by atoms with Gasteiger partial charge in [-0.05, 0) is 39.4 Å². The fourth-order valence-corrected chi connectivity index (χ4v) is 3.01. The highest BCUT2D eigenvalue weighted by Crippen LogP contribution is 2.43. The summed E-state index contributed by atoms with van der Waals surface area (Å²) in [6.45, 7) is 2.08. The highest BCUT2D eigenvalue weighted by atomic mass is 16.3. The molecule has 0 aromatic heterocycles. The van der Waals surface area contributed by atoms with Gasteiger partial charge in [0.05, 0.1) is 11.6 Å². The van der Waals surface area contributed by atoms with Crippen LogP contribution in [0.3, 0.4) is 0 Å². The molecule has 1 aromatic carbocycles. The van der Waals surface area contributed by atoms with E-state index in [0.29, 0.717) is 0 Å². The van der Waals surface area contributed by atoms with Gasteiger partial charge in [-0.3, -0.25) is 0 Å². The molecule has 1 aromatic rings. The molecule has 1 unspecified atom stereocenters. The Morgan fingerprint density at radius 3 is 2.12 bits per heavy atom. The summed E-state index contributed by atoms with van der Waals surface area (Å²) in [4.78, 5) is 2.21. The molecular weight excluding hydrogens is 210 g/mol. The molecule has 0 amide bonds.